The third kappa shape index (κ3) is 21.7. The minimum absolute atomic E-state index is 0.0431. The van der Waals surface area contributed by atoms with Gasteiger partial charge in [0.05, 0.1) is 13.2 Å². The van der Waals surface area contributed by atoms with Crippen molar-refractivity contribution in [1.82, 2.24) is 60.2 Å². The number of hydrogen-bond donors (Lipinski definition) is 4. The molecule has 9 heterocycles. The molecule has 4 amide bonds. The van der Waals surface area contributed by atoms with Crippen molar-refractivity contribution in [2.75, 3.05) is 57.4 Å². The van der Waals surface area contributed by atoms with E-state index in [1.54, 1.807) is 19.6 Å². The predicted octanol–water partition coefficient (Wildman–Crippen LogP) is 11.4. The Balaban J connectivity index is 0.000000136. The van der Waals surface area contributed by atoms with Crippen LogP contribution in [0.5, 0.6) is 0 Å². The van der Waals surface area contributed by atoms with Crippen LogP contribution < -0.4 is 27.8 Å². The highest BCUT2D eigenvalue weighted by Crippen LogP contribution is 2.42. The molecule has 630 valence electrons. The second-order valence-electron chi connectivity index (χ2n) is 31.2. The molecule has 38 heteroatoms. The minimum Gasteiger partial charge on any atom is -0.378 e. The average molecular weight is 1650 g/mol. The van der Waals surface area contributed by atoms with Gasteiger partial charge in [-0.3, -0.25) is 19.2 Å². The summed E-state index contributed by atoms with van der Waals surface area (Å²) in [7, 11) is 0. The van der Waals surface area contributed by atoms with Gasteiger partial charge in [-0.15, -0.1) is 0 Å². The molecule has 0 radical (unpaired) electrons. The molecule has 5 aliphatic heterocycles. The van der Waals surface area contributed by atoms with Crippen LogP contribution in [0.4, 0.5) is 58.6 Å². The first-order valence-electron chi connectivity index (χ1n) is 39.6. The molecule has 0 unspecified atom stereocenters. The zero-order valence-electron chi connectivity index (χ0n) is 63.9. The molecule has 117 heavy (non-hydrogen) atoms. The zero-order chi connectivity index (χ0) is 82.9. The number of aromatic nitrogens is 8. The third-order valence-corrected chi connectivity index (χ3v) is 22.2. The summed E-state index contributed by atoms with van der Waals surface area (Å²) in [4.78, 5) is 77.5. The van der Waals surface area contributed by atoms with Gasteiger partial charge in [-0.25, -0.2) is 52.7 Å². The van der Waals surface area contributed by atoms with E-state index in [0.717, 1.165) is 101 Å². The van der Waals surface area contributed by atoms with Crippen LogP contribution in [-0.2, 0) is 56.0 Å². The summed E-state index contributed by atoms with van der Waals surface area (Å²) in [6.45, 7) is 4.70. The van der Waals surface area contributed by atoms with Gasteiger partial charge in [-0.2, -0.15) is 19.9 Å². The van der Waals surface area contributed by atoms with Gasteiger partial charge in [-0.05, 0) is 173 Å². The molecule has 3 saturated carbocycles. The van der Waals surface area contributed by atoms with Crippen LogP contribution in [0.2, 0.25) is 0 Å². The van der Waals surface area contributed by atoms with E-state index in [-0.39, 0.29) is 121 Å². The van der Waals surface area contributed by atoms with E-state index in [4.69, 9.17) is 45.8 Å². The number of ether oxygens (including phenoxy) is 1. The van der Waals surface area contributed by atoms with Crippen LogP contribution in [-0.4, -0.2) is 160 Å². The van der Waals surface area contributed by atoms with Crippen LogP contribution >= 0.6 is 0 Å². The Kier molecular flexibility index (Phi) is 27.8. The first-order valence-corrected chi connectivity index (χ1v) is 39.6. The highest BCUT2D eigenvalue weighted by atomic mass is 19.2. The second-order valence-corrected chi connectivity index (χ2v) is 31.2. The van der Waals surface area contributed by atoms with Crippen molar-refractivity contribution in [3.63, 3.8) is 0 Å². The minimum atomic E-state index is -1.26. The Morgan fingerprint density at radius 2 is 0.658 bits per heavy atom. The topological polar surface area (TPSA) is 353 Å². The number of morpholine rings is 1. The molecular weight excluding hydrogens is 1560 g/mol. The van der Waals surface area contributed by atoms with Gasteiger partial charge in [0.1, 0.15) is 47.4 Å². The third-order valence-electron chi connectivity index (χ3n) is 22.2. The first-order chi connectivity index (χ1) is 56.2. The molecule has 16 rings (SSSR count). The molecule has 0 bridgehead atoms. The molecule has 4 aromatic heterocycles. The summed E-state index contributed by atoms with van der Waals surface area (Å²) in [6, 6.07) is 0.972. The van der Waals surface area contributed by atoms with E-state index in [1.807, 2.05) is 4.90 Å². The number of nitrogens with zero attached hydrogens (tertiary/aromatic N) is 13. The first kappa shape index (κ1) is 85.0. The lowest BCUT2D eigenvalue weighted by atomic mass is 9.85. The molecule has 8 aliphatic rings. The van der Waals surface area contributed by atoms with E-state index in [9.17, 15) is 71.9 Å². The summed E-state index contributed by atoms with van der Waals surface area (Å²) in [5.41, 5.74) is 23.8. The van der Waals surface area contributed by atoms with Gasteiger partial charge in [0.15, 0.2) is 64.0 Å². The standard InChI is InChI=1S/C20H24F3N5O3.2C20H23F3N4O2.C19H21F3N4O2/c21-14-11-16(23)15(22)9-12(14)8-13(24)10-18(29)28-3-1-2-17(28)19-25-20(26-31-19)27-4-6-30-7-5-27;21-14-10-16(23)15(22)8-12(14)7-13(24)9-18(28)27-6-2-5-17(27)20-25-19(26-29-20)11-3-1-4-11;21-14-10-16(23)15(22)8-12(14)7-13(24)9-19(28)27-5-1-2-17(27)20-25-18(26-29-20)6-11-3-4-11;20-13-9-15(22)14(21)7-11(13)6-12(23)8-17(27)26-5-1-2-16(26)19-24-18(25-28-19)10-3-4-10/h9,11,13,17H,1-8,10,24H2;2*8,10-11,13,17H,1-7,9,24H2;7,9-10,12,16H,1-6,8,23H2/t3*13-,17+;12-,16+/m1111/s1. The van der Waals surface area contributed by atoms with Crippen molar-refractivity contribution >= 4 is 29.6 Å². The van der Waals surface area contributed by atoms with Crippen molar-refractivity contribution in [2.24, 2.45) is 28.9 Å². The molecular formula is C79H91F12N17O9. The number of benzene rings is 4. The van der Waals surface area contributed by atoms with Crippen LogP contribution in [0.3, 0.4) is 0 Å². The van der Waals surface area contributed by atoms with Gasteiger partial charge in [-0.1, -0.05) is 21.9 Å². The summed E-state index contributed by atoms with van der Waals surface area (Å²) in [5.74, 6) is -8.37. The van der Waals surface area contributed by atoms with Gasteiger partial charge >= 0.3 is 0 Å². The predicted molar refractivity (Wildman–Crippen MR) is 390 cm³/mol. The van der Waals surface area contributed by atoms with Gasteiger partial charge in [0.2, 0.25) is 41.3 Å². The van der Waals surface area contributed by atoms with Crippen LogP contribution in [0.1, 0.15) is 221 Å². The number of carbonyl (C=O) groups is 4. The summed E-state index contributed by atoms with van der Waals surface area (Å²) in [6.07, 6.45) is 14.1. The van der Waals surface area contributed by atoms with Crippen molar-refractivity contribution < 1.29 is 94.7 Å². The number of nitrogens with two attached hydrogens (primary N) is 4. The molecule has 8 aromatic rings. The summed E-state index contributed by atoms with van der Waals surface area (Å²) >= 11 is 0. The lowest BCUT2D eigenvalue weighted by molar-refractivity contribution is -0.133. The zero-order valence-corrected chi connectivity index (χ0v) is 63.9. The molecule has 3 aliphatic carbocycles. The van der Waals surface area contributed by atoms with E-state index in [0.29, 0.717) is 148 Å². The number of amides is 4. The smallest absolute Gasteiger partial charge is 0.266 e. The van der Waals surface area contributed by atoms with Crippen molar-refractivity contribution in [3.05, 3.63) is 182 Å². The van der Waals surface area contributed by atoms with Crippen molar-refractivity contribution in [1.29, 1.82) is 0 Å². The molecule has 8 atom stereocenters. The fraction of sp³-hybridized carbons (Fsp3) is 0.544. The number of carbonyl (C=O) groups excluding carboxylic acids is 4. The number of halogens is 12. The maximum atomic E-state index is 13.9. The maximum Gasteiger partial charge on any atom is 0.266 e. The largest absolute Gasteiger partial charge is 0.378 e. The lowest BCUT2D eigenvalue weighted by Gasteiger charge is -2.25. The Bertz CT molecular complexity index is 4790. The fourth-order valence-corrected chi connectivity index (χ4v) is 15.4. The molecule has 0 spiro atoms. The second kappa shape index (κ2) is 38.2. The monoisotopic (exact) mass is 1650 g/mol. The fourth-order valence-electron chi connectivity index (χ4n) is 15.4. The molecule has 8 N–H and O–H groups in total. The Morgan fingerprint density at radius 3 is 0.983 bits per heavy atom. The van der Waals surface area contributed by atoms with E-state index >= 15 is 0 Å². The lowest BCUT2D eigenvalue weighted by Crippen LogP contribution is -2.37. The number of rotatable bonds is 25. The quantitative estimate of drug-likeness (QED) is 0.0305. The summed E-state index contributed by atoms with van der Waals surface area (Å²) < 4.78 is 188. The Morgan fingerprint density at radius 1 is 0.350 bits per heavy atom. The molecule has 8 fully saturated rings. The highest BCUT2D eigenvalue weighted by Gasteiger charge is 2.41. The van der Waals surface area contributed by atoms with Crippen molar-refractivity contribution in [3.8, 4) is 0 Å². The molecule has 5 saturated heterocycles. The molecule has 26 nitrogen and oxygen atoms in total. The number of likely N-dealkylation sites (tertiary alicyclic amines) is 4. The SMILES string of the molecule is N[C@@H](CC(=O)N1CCC[C@H]1c1nc(C2CC2)no1)Cc1cc(F)c(F)cc1F.N[C@@H](CC(=O)N1CCC[C@H]1c1nc(C2CCC2)no1)Cc1cc(F)c(F)cc1F.N[C@@H](CC(=O)N1CCC[C@H]1c1nc(CC2CC2)no1)Cc1cc(F)c(F)cc1F.N[C@@H](CC(=O)N1CCC[C@H]1c1nc(N2CCOCC2)no1)Cc1cc(F)c(F)cc1F. The van der Waals surface area contributed by atoms with Gasteiger partial charge in [0.25, 0.3) is 11.8 Å². The van der Waals surface area contributed by atoms with Crippen molar-refractivity contribution in [2.45, 2.75) is 214 Å². The highest BCUT2D eigenvalue weighted by molar-refractivity contribution is 5.79. The van der Waals surface area contributed by atoms with E-state index < -0.39 is 94.0 Å². The van der Waals surface area contributed by atoms with Crippen LogP contribution in [0, 0.1) is 75.7 Å². The van der Waals surface area contributed by atoms with Crippen LogP contribution in [0.15, 0.2) is 66.6 Å². The molecule has 4 aromatic carbocycles. The normalized spacial score (nSPS) is 20.5. The van der Waals surface area contributed by atoms with E-state index in [1.165, 1.54) is 19.3 Å². The average Bonchev–Trinajstić information content (AvgIpc) is 1.66. The van der Waals surface area contributed by atoms with Gasteiger partial charge < -0.3 is 70.3 Å². The Hall–Kier alpha value is -9.92. The Labute approximate surface area is 664 Å². The number of hydrogen-bond acceptors (Lipinski definition) is 22. The van der Waals surface area contributed by atoms with Gasteiger partial charge in [0, 0.05) is 132 Å². The van der Waals surface area contributed by atoms with Crippen LogP contribution in [0.25, 0.3) is 0 Å². The number of anilines is 1. The summed E-state index contributed by atoms with van der Waals surface area (Å²) in [5, 5.41) is 16.1. The van der Waals surface area contributed by atoms with E-state index in [2.05, 4.69) is 40.6 Å². The maximum absolute atomic E-state index is 13.9.